The van der Waals surface area contributed by atoms with Crippen LogP contribution in [-0.4, -0.2) is 11.1 Å². The molecule has 1 fully saturated rings. The highest BCUT2D eigenvalue weighted by atomic mass is 79.9. The number of carboxylic acid groups (broad SMARTS) is 1. The number of carboxylic acids is 1. The lowest BCUT2D eigenvalue weighted by Crippen LogP contribution is -2.06. The average Bonchev–Trinajstić information content (AvgIpc) is 2.74. The number of halogens is 2. The summed E-state index contributed by atoms with van der Waals surface area (Å²) in [4.78, 5) is 10.8. The third-order valence-electron chi connectivity index (χ3n) is 3.45. The van der Waals surface area contributed by atoms with Crippen molar-refractivity contribution in [1.82, 2.24) is 0 Å². The van der Waals surface area contributed by atoms with E-state index in [9.17, 15) is 9.18 Å². The molecule has 2 aliphatic rings. The maximum Gasteiger partial charge on any atom is 0.307 e. The Morgan fingerprint density at radius 2 is 2.27 bits per heavy atom. The summed E-state index contributed by atoms with van der Waals surface area (Å²) in [6, 6.07) is 3.30. The molecule has 0 saturated heterocycles. The molecule has 1 saturated carbocycles. The molecule has 0 bridgehead atoms. The number of carbonyl (C=O) groups is 1. The summed E-state index contributed by atoms with van der Waals surface area (Å²) in [5, 5.41) is 8.92. The second-order valence-electron chi connectivity index (χ2n) is 4.21. The van der Waals surface area contributed by atoms with E-state index < -0.39 is 5.97 Å². The molecule has 0 spiro atoms. The molecule has 3 atom stereocenters. The minimum absolute atomic E-state index is 0.0458. The molecule has 1 aromatic carbocycles. The molecule has 1 N–H and O–H groups in total. The average molecular weight is 271 g/mol. The third kappa shape index (κ3) is 1.17. The lowest BCUT2D eigenvalue weighted by molar-refractivity contribution is -0.139. The second-order valence-corrected chi connectivity index (χ2v) is 5.13. The van der Waals surface area contributed by atoms with E-state index in [1.54, 1.807) is 0 Å². The lowest BCUT2D eigenvalue weighted by Gasteiger charge is -2.07. The Labute approximate surface area is 94.2 Å². The van der Waals surface area contributed by atoms with Gasteiger partial charge < -0.3 is 5.11 Å². The topological polar surface area (TPSA) is 37.3 Å². The molecular weight excluding hydrogens is 263 g/mol. The molecule has 0 aliphatic heterocycles. The van der Waals surface area contributed by atoms with Crippen molar-refractivity contribution in [3.63, 3.8) is 0 Å². The predicted octanol–water partition coefficient (Wildman–Crippen LogP) is 2.56. The Hall–Kier alpha value is -0.900. The van der Waals surface area contributed by atoms with Gasteiger partial charge in [-0.15, -0.1) is 0 Å². The first-order chi connectivity index (χ1) is 7.09. The van der Waals surface area contributed by atoms with Crippen molar-refractivity contribution in [3.05, 3.63) is 33.5 Å². The summed E-state index contributed by atoms with van der Waals surface area (Å²) in [5.74, 6) is -1.08. The van der Waals surface area contributed by atoms with Crippen LogP contribution < -0.4 is 0 Å². The summed E-state index contributed by atoms with van der Waals surface area (Å²) in [7, 11) is 0. The highest BCUT2D eigenvalue weighted by Gasteiger charge is 2.60. The van der Waals surface area contributed by atoms with Crippen LogP contribution in [0.4, 0.5) is 4.39 Å². The standard InChI is InChI=1S/C11H8BrFO2/c12-4-1-6-5(8(13)2-4)3-7-9(6)10(7)11(14)15/h1-2,7,9-10H,3H2,(H,14,15)/t7-,9+,10+/m0/s1. The van der Waals surface area contributed by atoms with Gasteiger partial charge in [0.15, 0.2) is 0 Å². The van der Waals surface area contributed by atoms with Gasteiger partial charge in [-0.25, -0.2) is 4.39 Å². The molecule has 78 valence electrons. The van der Waals surface area contributed by atoms with Crippen molar-refractivity contribution in [3.8, 4) is 0 Å². The molecule has 4 heteroatoms. The van der Waals surface area contributed by atoms with Crippen molar-refractivity contribution < 1.29 is 14.3 Å². The van der Waals surface area contributed by atoms with Crippen LogP contribution in [0.25, 0.3) is 0 Å². The van der Waals surface area contributed by atoms with E-state index in [2.05, 4.69) is 15.9 Å². The fourth-order valence-corrected chi connectivity index (χ4v) is 3.21. The number of benzene rings is 1. The van der Waals surface area contributed by atoms with Crippen molar-refractivity contribution >= 4 is 21.9 Å². The van der Waals surface area contributed by atoms with Crippen LogP contribution >= 0.6 is 15.9 Å². The minimum atomic E-state index is -0.754. The van der Waals surface area contributed by atoms with E-state index in [0.29, 0.717) is 16.5 Å². The Morgan fingerprint density at radius 3 is 2.93 bits per heavy atom. The van der Waals surface area contributed by atoms with Crippen LogP contribution in [0.2, 0.25) is 0 Å². The maximum absolute atomic E-state index is 13.5. The number of hydrogen-bond donors (Lipinski definition) is 1. The fraction of sp³-hybridized carbons (Fsp3) is 0.364. The summed E-state index contributed by atoms with van der Waals surface area (Å²) in [6.07, 6.45) is 0.579. The van der Waals surface area contributed by atoms with Crippen LogP contribution in [-0.2, 0) is 11.2 Å². The van der Waals surface area contributed by atoms with Crippen LogP contribution in [0.1, 0.15) is 17.0 Å². The highest BCUT2D eigenvalue weighted by molar-refractivity contribution is 9.10. The largest absolute Gasteiger partial charge is 0.481 e. The first kappa shape index (κ1) is 9.33. The van der Waals surface area contributed by atoms with Crippen LogP contribution in [0.3, 0.4) is 0 Å². The van der Waals surface area contributed by atoms with Crippen molar-refractivity contribution in [2.45, 2.75) is 12.3 Å². The molecule has 0 heterocycles. The van der Waals surface area contributed by atoms with E-state index in [4.69, 9.17) is 5.11 Å². The summed E-state index contributed by atoms with van der Waals surface area (Å²) in [5.41, 5.74) is 1.60. The Kier molecular flexibility index (Phi) is 1.75. The van der Waals surface area contributed by atoms with Gasteiger partial charge in [0.1, 0.15) is 5.82 Å². The first-order valence-electron chi connectivity index (χ1n) is 4.80. The van der Waals surface area contributed by atoms with Gasteiger partial charge in [0.05, 0.1) is 5.92 Å². The number of rotatable bonds is 1. The summed E-state index contributed by atoms with van der Waals surface area (Å²) >= 11 is 3.23. The molecule has 0 aromatic heterocycles. The third-order valence-corrected chi connectivity index (χ3v) is 3.91. The predicted molar refractivity (Wildman–Crippen MR) is 55.2 cm³/mol. The smallest absolute Gasteiger partial charge is 0.307 e. The molecule has 0 amide bonds. The molecule has 2 nitrogen and oxygen atoms in total. The molecule has 3 rings (SSSR count). The van der Waals surface area contributed by atoms with Crippen molar-refractivity contribution in [2.24, 2.45) is 11.8 Å². The SMILES string of the molecule is O=C(O)[C@@H]1[C@H]2Cc3c(F)cc(Br)cc3[C@H]21. The van der Waals surface area contributed by atoms with E-state index in [-0.39, 0.29) is 23.6 Å². The van der Waals surface area contributed by atoms with E-state index in [1.165, 1.54) is 6.07 Å². The van der Waals surface area contributed by atoms with E-state index >= 15 is 0 Å². The minimum Gasteiger partial charge on any atom is -0.481 e. The lowest BCUT2D eigenvalue weighted by atomic mass is 10.0. The van der Waals surface area contributed by atoms with Gasteiger partial charge in [0, 0.05) is 10.4 Å². The van der Waals surface area contributed by atoms with Gasteiger partial charge in [-0.1, -0.05) is 15.9 Å². The van der Waals surface area contributed by atoms with Crippen LogP contribution in [0, 0.1) is 17.7 Å². The van der Waals surface area contributed by atoms with Gasteiger partial charge in [0.2, 0.25) is 0 Å². The van der Waals surface area contributed by atoms with Gasteiger partial charge in [-0.2, -0.15) is 0 Å². The van der Waals surface area contributed by atoms with Crippen LogP contribution in [0.15, 0.2) is 16.6 Å². The van der Waals surface area contributed by atoms with Gasteiger partial charge in [-0.05, 0) is 35.6 Å². The summed E-state index contributed by atoms with van der Waals surface area (Å²) in [6.45, 7) is 0. The van der Waals surface area contributed by atoms with Gasteiger partial charge in [0.25, 0.3) is 0 Å². The Morgan fingerprint density at radius 1 is 1.53 bits per heavy atom. The molecule has 2 aliphatic carbocycles. The van der Waals surface area contributed by atoms with E-state index in [0.717, 1.165) is 5.56 Å². The zero-order chi connectivity index (χ0) is 10.7. The maximum atomic E-state index is 13.5. The Bertz CT molecular complexity index is 472. The second kappa shape index (κ2) is 2.82. The van der Waals surface area contributed by atoms with Crippen molar-refractivity contribution in [1.29, 1.82) is 0 Å². The number of aliphatic carboxylic acids is 1. The molecular formula is C11H8BrFO2. The normalized spacial score (nSPS) is 30.9. The van der Waals surface area contributed by atoms with Crippen molar-refractivity contribution in [2.75, 3.05) is 0 Å². The quantitative estimate of drug-likeness (QED) is 0.852. The zero-order valence-electron chi connectivity index (χ0n) is 7.71. The molecule has 0 unspecified atom stereocenters. The van der Waals surface area contributed by atoms with Crippen LogP contribution in [0.5, 0.6) is 0 Å². The van der Waals surface area contributed by atoms with Gasteiger partial charge >= 0.3 is 5.97 Å². The number of fused-ring (bicyclic) bond motifs is 3. The molecule has 0 radical (unpaired) electrons. The van der Waals surface area contributed by atoms with Gasteiger partial charge in [-0.3, -0.25) is 4.79 Å². The fourth-order valence-electron chi connectivity index (χ4n) is 2.76. The molecule has 15 heavy (non-hydrogen) atoms. The number of hydrogen-bond acceptors (Lipinski definition) is 1. The summed E-state index contributed by atoms with van der Waals surface area (Å²) < 4.78 is 14.2. The zero-order valence-corrected chi connectivity index (χ0v) is 9.29. The highest BCUT2D eigenvalue weighted by Crippen LogP contribution is 2.62. The van der Waals surface area contributed by atoms with E-state index in [1.807, 2.05) is 6.07 Å². The first-order valence-corrected chi connectivity index (χ1v) is 5.59. The molecule has 1 aromatic rings. The Balaban J connectivity index is 2.05. The monoisotopic (exact) mass is 270 g/mol.